The predicted octanol–water partition coefficient (Wildman–Crippen LogP) is 10.3. The summed E-state index contributed by atoms with van der Waals surface area (Å²) in [5.74, 6) is 0.913. The van der Waals surface area contributed by atoms with Gasteiger partial charge in [-0.2, -0.15) is 0 Å². The van der Waals surface area contributed by atoms with E-state index in [1.54, 1.807) is 0 Å². The Bertz CT molecular complexity index is 3410. The van der Waals surface area contributed by atoms with Crippen molar-refractivity contribution in [3.8, 4) is 5.82 Å². The second-order valence-corrected chi connectivity index (χ2v) is 21.0. The molecule has 11 aromatic rings. The molecule has 0 atom stereocenters. The van der Waals surface area contributed by atoms with Crippen LogP contribution in [0, 0.1) is 0 Å². The summed E-state index contributed by atoms with van der Waals surface area (Å²) in [5.41, 5.74) is 6.90. The molecule has 7 aromatic carbocycles. The number of imidazole rings is 1. The van der Waals surface area contributed by atoms with Gasteiger partial charge in [-0.15, -0.1) is 0 Å². The standard InChI is InChI=1S/C53H38N4SSi/c1-53(2)42-23-11-14-26-46(42)58-51-49-40-22-10-13-25-44(40)57(48-27-15-16-30-54-48)45(49)34-47(50(51)53)59(35-17-5-3-6-18-35,36-19-7-4-8-20-36)37-28-29-38-39-21-9-12-24-43(39)56-32-31-55-52(56)41(38)33-37/h3-34H,1-2H3. The van der Waals surface area contributed by atoms with Crippen molar-refractivity contribution >= 4 is 89.7 Å². The molecule has 4 aromatic heterocycles. The molecule has 0 saturated heterocycles. The maximum absolute atomic E-state index is 5.03. The smallest absolute Gasteiger partial charge is 0.180 e. The third-order valence-electron chi connectivity index (χ3n) is 12.8. The molecule has 12 rings (SSSR count). The number of benzene rings is 7. The van der Waals surface area contributed by atoms with Gasteiger partial charge in [0.2, 0.25) is 0 Å². The van der Waals surface area contributed by atoms with Gasteiger partial charge in [0.25, 0.3) is 0 Å². The largest absolute Gasteiger partial charge is 0.299 e. The van der Waals surface area contributed by atoms with E-state index in [1.807, 2.05) is 30.2 Å². The van der Waals surface area contributed by atoms with Crippen molar-refractivity contribution in [1.82, 2.24) is 18.9 Å². The fraction of sp³-hybridized carbons (Fsp3) is 0.0566. The summed E-state index contributed by atoms with van der Waals surface area (Å²) in [6, 6.07) is 65.6. The molecule has 1 aliphatic rings. The van der Waals surface area contributed by atoms with Crippen molar-refractivity contribution in [3.05, 3.63) is 206 Å². The molecule has 0 aliphatic carbocycles. The average molecular weight is 791 g/mol. The zero-order valence-electron chi connectivity index (χ0n) is 32.7. The van der Waals surface area contributed by atoms with Crippen molar-refractivity contribution in [2.24, 2.45) is 0 Å². The van der Waals surface area contributed by atoms with E-state index in [2.05, 4.69) is 199 Å². The molecular weight excluding hydrogens is 753 g/mol. The number of para-hydroxylation sites is 2. The molecule has 5 heterocycles. The van der Waals surface area contributed by atoms with Crippen LogP contribution in [0.15, 0.2) is 204 Å². The number of hydrogen-bond acceptors (Lipinski definition) is 3. The van der Waals surface area contributed by atoms with E-state index < -0.39 is 8.07 Å². The van der Waals surface area contributed by atoms with Crippen molar-refractivity contribution in [2.75, 3.05) is 0 Å². The Morgan fingerprint density at radius 3 is 1.97 bits per heavy atom. The maximum atomic E-state index is 5.03. The van der Waals surface area contributed by atoms with Crippen molar-refractivity contribution < 1.29 is 0 Å². The minimum atomic E-state index is -3.22. The molecular formula is C53H38N4SSi. The van der Waals surface area contributed by atoms with Gasteiger partial charge < -0.3 is 0 Å². The van der Waals surface area contributed by atoms with E-state index in [0.29, 0.717) is 0 Å². The summed E-state index contributed by atoms with van der Waals surface area (Å²) in [4.78, 5) is 12.7. The first-order valence-corrected chi connectivity index (χ1v) is 23.1. The van der Waals surface area contributed by atoms with Gasteiger partial charge >= 0.3 is 0 Å². The van der Waals surface area contributed by atoms with Gasteiger partial charge in [-0.3, -0.25) is 8.97 Å². The van der Waals surface area contributed by atoms with Crippen LogP contribution >= 0.6 is 11.8 Å². The van der Waals surface area contributed by atoms with E-state index in [0.717, 1.165) is 27.9 Å². The molecule has 1 aliphatic heterocycles. The second-order valence-electron chi connectivity index (χ2n) is 16.2. The molecule has 0 spiro atoms. The van der Waals surface area contributed by atoms with Gasteiger partial charge in [-0.1, -0.05) is 165 Å². The van der Waals surface area contributed by atoms with Crippen LogP contribution < -0.4 is 20.7 Å². The topological polar surface area (TPSA) is 35.1 Å². The summed E-state index contributed by atoms with van der Waals surface area (Å²) < 4.78 is 4.66. The lowest BCUT2D eigenvalue weighted by Gasteiger charge is -2.43. The highest BCUT2D eigenvalue weighted by Gasteiger charge is 2.48. The van der Waals surface area contributed by atoms with Crippen LogP contribution in [0.1, 0.15) is 25.0 Å². The Labute approximate surface area is 347 Å². The Morgan fingerprint density at radius 2 is 1.20 bits per heavy atom. The first-order valence-electron chi connectivity index (χ1n) is 20.2. The highest BCUT2D eigenvalue weighted by molar-refractivity contribution is 7.99. The summed E-state index contributed by atoms with van der Waals surface area (Å²) in [6.45, 7) is 4.90. The molecule has 4 nitrogen and oxygen atoms in total. The van der Waals surface area contributed by atoms with Crippen molar-refractivity contribution in [3.63, 3.8) is 0 Å². The van der Waals surface area contributed by atoms with Gasteiger partial charge in [-0.05, 0) is 73.7 Å². The van der Waals surface area contributed by atoms with Crippen LogP contribution in [-0.4, -0.2) is 27.0 Å². The number of pyridine rings is 2. The summed E-state index contributed by atoms with van der Waals surface area (Å²) in [7, 11) is -3.22. The van der Waals surface area contributed by atoms with Crippen LogP contribution in [0.5, 0.6) is 0 Å². The molecule has 0 saturated carbocycles. The first-order chi connectivity index (χ1) is 29.0. The molecule has 280 valence electrons. The average Bonchev–Trinajstić information content (AvgIpc) is 3.92. The Hall–Kier alpha value is -6.73. The lowest BCUT2D eigenvalue weighted by molar-refractivity contribution is 0.613. The van der Waals surface area contributed by atoms with Crippen LogP contribution in [0.2, 0.25) is 0 Å². The minimum absolute atomic E-state index is 0.333. The third-order valence-corrected chi connectivity index (χ3v) is 18.8. The fourth-order valence-electron chi connectivity index (χ4n) is 10.3. The van der Waals surface area contributed by atoms with Gasteiger partial charge in [0.05, 0.1) is 16.6 Å². The quantitative estimate of drug-likeness (QED) is 0.0990. The lowest BCUT2D eigenvalue weighted by atomic mass is 9.77. The third kappa shape index (κ3) is 4.78. The van der Waals surface area contributed by atoms with E-state index in [-0.39, 0.29) is 5.41 Å². The predicted molar refractivity (Wildman–Crippen MR) is 249 cm³/mol. The molecule has 6 heteroatoms. The molecule has 0 N–H and O–H groups in total. The molecule has 0 fully saturated rings. The van der Waals surface area contributed by atoms with Gasteiger partial charge in [0.15, 0.2) is 8.07 Å². The van der Waals surface area contributed by atoms with Crippen LogP contribution in [0.25, 0.3) is 54.9 Å². The second kappa shape index (κ2) is 12.9. The fourth-order valence-corrected chi connectivity index (χ4v) is 17.2. The Kier molecular flexibility index (Phi) is 7.50. The van der Waals surface area contributed by atoms with Crippen LogP contribution in [-0.2, 0) is 5.41 Å². The number of aromatic nitrogens is 4. The van der Waals surface area contributed by atoms with Gasteiger partial charge in [-0.25, -0.2) is 9.97 Å². The minimum Gasteiger partial charge on any atom is -0.299 e. The number of hydrogen-bond donors (Lipinski definition) is 0. The normalized spacial score (nSPS) is 13.7. The summed E-state index contributed by atoms with van der Waals surface area (Å²) in [6.07, 6.45) is 5.94. The van der Waals surface area contributed by atoms with E-state index in [4.69, 9.17) is 9.97 Å². The molecule has 0 radical (unpaired) electrons. The number of rotatable bonds is 5. The zero-order chi connectivity index (χ0) is 39.3. The van der Waals surface area contributed by atoms with Crippen molar-refractivity contribution in [2.45, 2.75) is 29.1 Å². The summed E-state index contributed by atoms with van der Waals surface area (Å²) >= 11 is 1.94. The van der Waals surface area contributed by atoms with E-state index >= 15 is 0 Å². The number of fused-ring (bicyclic) bond motifs is 12. The zero-order valence-corrected chi connectivity index (χ0v) is 34.5. The van der Waals surface area contributed by atoms with Crippen molar-refractivity contribution in [1.29, 1.82) is 0 Å². The summed E-state index contributed by atoms with van der Waals surface area (Å²) in [5, 5.41) is 11.5. The highest BCUT2D eigenvalue weighted by atomic mass is 32.2. The molecule has 0 amide bonds. The van der Waals surface area contributed by atoms with E-state index in [1.165, 1.54) is 68.7 Å². The highest BCUT2D eigenvalue weighted by Crippen LogP contribution is 2.53. The maximum Gasteiger partial charge on any atom is 0.180 e. The molecule has 0 unspecified atom stereocenters. The Balaban J connectivity index is 1.32. The lowest BCUT2D eigenvalue weighted by Crippen LogP contribution is -2.76. The monoisotopic (exact) mass is 790 g/mol. The molecule has 0 bridgehead atoms. The molecule has 59 heavy (non-hydrogen) atoms. The van der Waals surface area contributed by atoms with Crippen LogP contribution in [0.4, 0.5) is 0 Å². The first kappa shape index (κ1) is 34.3. The van der Waals surface area contributed by atoms with Crippen LogP contribution in [0.3, 0.4) is 0 Å². The van der Waals surface area contributed by atoms with Gasteiger partial charge in [0.1, 0.15) is 11.5 Å². The SMILES string of the molecule is CC1(C)c2ccccc2Sc2c1c([Si](c1ccccc1)(c1ccccc1)c1ccc3c4ccccc4n4ccnc4c3c1)cc1c2c2ccccc2n1-c1ccccn1. The number of nitrogens with zero attached hydrogens (tertiary/aromatic N) is 4. The Morgan fingerprint density at radius 1 is 0.525 bits per heavy atom. The van der Waals surface area contributed by atoms with Gasteiger partial charge in [0, 0.05) is 55.3 Å². The van der Waals surface area contributed by atoms with E-state index in [9.17, 15) is 0 Å².